The van der Waals surface area contributed by atoms with Crippen LogP contribution >= 0.6 is 0 Å². The van der Waals surface area contributed by atoms with Crippen molar-refractivity contribution < 1.29 is 9.18 Å². The number of nitrogens with two attached hydrogens (primary N) is 1. The van der Waals surface area contributed by atoms with Gasteiger partial charge in [-0.3, -0.25) is 4.79 Å². The average Bonchev–Trinajstić information content (AvgIpc) is 2.25. The van der Waals surface area contributed by atoms with Crippen LogP contribution in [0.1, 0.15) is 47.7 Å². The lowest BCUT2D eigenvalue weighted by Gasteiger charge is -2.11. The second kappa shape index (κ2) is 6.64. The monoisotopic (exact) mass is 251 g/mol. The molecule has 0 heterocycles. The molecule has 0 spiro atoms. The van der Waals surface area contributed by atoms with Gasteiger partial charge in [-0.2, -0.15) is 0 Å². The number of halogens is 1. The van der Waals surface area contributed by atoms with Crippen molar-refractivity contribution in [2.75, 3.05) is 6.54 Å². The van der Waals surface area contributed by atoms with E-state index < -0.39 is 5.82 Å². The Morgan fingerprint density at radius 3 is 2.56 bits per heavy atom. The Labute approximate surface area is 108 Å². The first-order valence-electron chi connectivity index (χ1n) is 6.45. The average molecular weight is 251 g/mol. The van der Waals surface area contributed by atoms with Crippen LogP contribution in [0.15, 0.2) is 12.1 Å². The van der Waals surface area contributed by atoms with Crippen LogP contribution in [0.5, 0.6) is 0 Å². The van der Waals surface area contributed by atoms with Crippen molar-refractivity contribution in [2.45, 2.75) is 40.0 Å². The molecule has 0 amide bonds. The van der Waals surface area contributed by atoms with E-state index in [-0.39, 0.29) is 11.3 Å². The molecule has 18 heavy (non-hydrogen) atoms. The molecule has 0 radical (unpaired) electrons. The van der Waals surface area contributed by atoms with Gasteiger partial charge in [0.05, 0.1) is 5.56 Å². The van der Waals surface area contributed by atoms with E-state index in [1.165, 1.54) is 6.07 Å². The van der Waals surface area contributed by atoms with Gasteiger partial charge in [-0.15, -0.1) is 0 Å². The second-order valence-corrected chi connectivity index (χ2v) is 5.08. The Kier molecular flexibility index (Phi) is 5.48. The Balaban J connectivity index is 2.73. The van der Waals surface area contributed by atoms with Gasteiger partial charge in [0, 0.05) is 6.42 Å². The minimum Gasteiger partial charge on any atom is -0.330 e. The highest BCUT2D eigenvalue weighted by atomic mass is 19.1. The Morgan fingerprint density at radius 1 is 1.33 bits per heavy atom. The summed E-state index contributed by atoms with van der Waals surface area (Å²) < 4.78 is 13.8. The van der Waals surface area contributed by atoms with Crippen LogP contribution in [-0.2, 0) is 0 Å². The van der Waals surface area contributed by atoms with Crippen molar-refractivity contribution in [1.82, 2.24) is 0 Å². The van der Waals surface area contributed by atoms with Gasteiger partial charge in [0.2, 0.25) is 0 Å². The molecule has 1 aromatic carbocycles. The van der Waals surface area contributed by atoms with Gasteiger partial charge < -0.3 is 5.73 Å². The summed E-state index contributed by atoms with van der Waals surface area (Å²) in [6.45, 7) is 6.31. The van der Waals surface area contributed by atoms with E-state index in [0.29, 0.717) is 18.9 Å². The summed E-state index contributed by atoms with van der Waals surface area (Å²) in [6.07, 6.45) is 2.06. The number of ketones is 1. The molecular weight excluding hydrogens is 229 g/mol. The van der Waals surface area contributed by atoms with Crippen LogP contribution in [0.2, 0.25) is 0 Å². The molecule has 0 aliphatic carbocycles. The van der Waals surface area contributed by atoms with Crippen molar-refractivity contribution in [1.29, 1.82) is 0 Å². The van der Waals surface area contributed by atoms with Crippen LogP contribution in [0.3, 0.4) is 0 Å². The van der Waals surface area contributed by atoms with Gasteiger partial charge in [0.25, 0.3) is 0 Å². The third-order valence-electron chi connectivity index (χ3n) is 3.23. The molecule has 1 rings (SSSR count). The van der Waals surface area contributed by atoms with Gasteiger partial charge in [0.15, 0.2) is 5.78 Å². The molecule has 0 aliphatic rings. The number of Topliss-reactive ketones (excluding diaryl/α,β-unsaturated/α-hetero) is 1. The van der Waals surface area contributed by atoms with Crippen molar-refractivity contribution in [3.63, 3.8) is 0 Å². The molecule has 0 saturated carbocycles. The van der Waals surface area contributed by atoms with Crippen molar-refractivity contribution in [3.8, 4) is 0 Å². The van der Waals surface area contributed by atoms with Crippen molar-refractivity contribution in [2.24, 2.45) is 11.7 Å². The molecule has 1 aromatic rings. The predicted octanol–water partition coefficient (Wildman–Crippen LogP) is 3.39. The quantitative estimate of drug-likeness (QED) is 0.787. The van der Waals surface area contributed by atoms with Gasteiger partial charge >= 0.3 is 0 Å². The van der Waals surface area contributed by atoms with Crippen LogP contribution in [-0.4, -0.2) is 12.3 Å². The molecule has 1 atom stereocenters. The number of hydrogen-bond donors (Lipinski definition) is 1. The highest BCUT2D eigenvalue weighted by Crippen LogP contribution is 2.20. The fourth-order valence-electron chi connectivity index (χ4n) is 2.20. The first-order valence-corrected chi connectivity index (χ1v) is 6.45. The van der Waals surface area contributed by atoms with Crippen LogP contribution in [0, 0.1) is 25.6 Å². The lowest BCUT2D eigenvalue weighted by Crippen LogP contribution is -2.10. The van der Waals surface area contributed by atoms with E-state index in [0.717, 1.165) is 24.0 Å². The Morgan fingerprint density at radius 2 is 2.00 bits per heavy atom. The summed E-state index contributed by atoms with van der Waals surface area (Å²) in [5.41, 5.74) is 7.29. The lowest BCUT2D eigenvalue weighted by atomic mass is 9.94. The maximum Gasteiger partial charge on any atom is 0.166 e. The molecule has 1 unspecified atom stereocenters. The third-order valence-corrected chi connectivity index (χ3v) is 3.23. The third kappa shape index (κ3) is 3.91. The van der Waals surface area contributed by atoms with E-state index in [9.17, 15) is 9.18 Å². The zero-order valence-corrected chi connectivity index (χ0v) is 11.4. The first-order chi connectivity index (χ1) is 8.45. The summed E-state index contributed by atoms with van der Waals surface area (Å²) >= 11 is 0. The minimum absolute atomic E-state index is 0.103. The number of hydrogen-bond acceptors (Lipinski definition) is 2. The fourth-order valence-corrected chi connectivity index (χ4v) is 2.20. The molecule has 2 nitrogen and oxygen atoms in total. The summed E-state index contributed by atoms with van der Waals surface area (Å²) in [4.78, 5) is 12.0. The van der Waals surface area contributed by atoms with E-state index in [1.54, 1.807) is 6.92 Å². The van der Waals surface area contributed by atoms with Crippen LogP contribution in [0.25, 0.3) is 0 Å². The number of carbonyl (C=O) groups is 1. The molecule has 0 aromatic heterocycles. The summed E-state index contributed by atoms with van der Waals surface area (Å²) in [5, 5.41) is 0. The first kappa shape index (κ1) is 14.8. The Hall–Kier alpha value is -1.22. The predicted molar refractivity (Wildman–Crippen MR) is 72.3 cm³/mol. The van der Waals surface area contributed by atoms with Gasteiger partial charge in [0.1, 0.15) is 5.82 Å². The molecule has 0 bridgehead atoms. The maximum atomic E-state index is 13.8. The fraction of sp³-hybridized carbons (Fsp3) is 0.533. The molecule has 100 valence electrons. The van der Waals surface area contributed by atoms with Crippen molar-refractivity contribution >= 4 is 5.78 Å². The van der Waals surface area contributed by atoms with E-state index in [4.69, 9.17) is 5.73 Å². The molecular formula is C15H22FNO. The second-order valence-electron chi connectivity index (χ2n) is 5.08. The highest BCUT2D eigenvalue weighted by Gasteiger charge is 2.16. The summed E-state index contributed by atoms with van der Waals surface area (Å²) in [6, 6.07) is 3.27. The molecule has 0 saturated heterocycles. The van der Waals surface area contributed by atoms with Crippen LogP contribution < -0.4 is 5.73 Å². The standard InChI is InChI=1S/C15H22FNO/c1-10(6-7-17)4-5-14(18)15-12(3)8-11(2)9-13(15)16/h8-10H,4-7,17H2,1-3H3. The molecule has 2 N–H and O–H groups in total. The van der Waals surface area contributed by atoms with E-state index in [1.807, 2.05) is 13.0 Å². The largest absolute Gasteiger partial charge is 0.330 e. The van der Waals surface area contributed by atoms with Gasteiger partial charge in [-0.05, 0) is 56.3 Å². The van der Waals surface area contributed by atoms with E-state index >= 15 is 0 Å². The zero-order valence-electron chi connectivity index (χ0n) is 11.4. The Bertz CT molecular complexity index is 405. The summed E-state index contributed by atoms with van der Waals surface area (Å²) in [7, 11) is 0. The normalized spacial score (nSPS) is 12.5. The number of carbonyl (C=O) groups excluding carboxylic acids is 1. The number of benzene rings is 1. The SMILES string of the molecule is Cc1cc(C)c(C(=O)CCC(C)CCN)c(F)c1. The maximum absolute atomic E-state index is 13.8. The molecule has 0 fully saturated rings. The molecule has 0 aliphatic heterocycles. The van der Waals surface area contributed by atoms with Crippen LogP contribution in [0.4, 0.5) is 4.39 Å². The van der Waals surface area contributed by atoms with Gasteiger partial charge in [-0.25, -0.2) is 4.39 Å². The smallest absolute Gasteiger partial charge is 0.166 e. The minimum atomic E-state index is -0.399. The topological polar surface area (TPSA) is 43.1 Å². The van der Waals surface area contributed by atoms with Crippen molar-refractivity contribution in [3.05, 3.63) is 34.6 Å². The number of rotatable bonds is 6. The van der Waals surface area contributed by atoms with Gasteiger partial charge in [-0.1, -0.05) is 13.0 Å². The summed E-state index contributed by atoms with van der Waals surface area (Å²) in [5.74, 6) is -0.0920. The number of aryl methyl sites for hydroxylation is 2. The van der Waals surface area contributed by atoms with E-state index in [2.05, 4.69) is 6.92 Å². The lowest BCUT2D eigenvalue weighted by molar-refractivity contribution is 0.0969. The molecule has 3 heteroatoms. The zero-order chi connectivity index (χ0) is 13.7. The highest BCUT2D eigenvalue weighted by molar-refractivity contribution is 5.97.